The molecule has 4 rings (SSSR count). The third-order valence-electron chi connectivity index (χ3n) is 4.73. The number of ether oxygens (including phenoxy) is 1. The number of methoxy groups -OCH3 is 1. The highest BCUT2D eigenvalue weighted by molar-refractivity contribution is 5.80. The maximum absolute atomic E-state index is 13.8. The fraction of sp³-hybridized carbons (Fsp3) is 0.0800. The first kappa shape index (κ1) is 20.2. The second-order valence-corrected chi connectivity index (χ2v) is 6.95. The van der Waals surface area contributed by atoms with E-state index in [1.165, 1.54) is 17.8 Å². The number of anilines is 1. The van der Waals surface area contributed by atoms with Gasteiger partial charge in [0, 0.05) is 16.7 Å². The Hall–Kier alpha value is -4.06. The highest BCUT2D eigenvalue weighted by Gasteiger charge is 2.09. The SMILES string of the molecule is COc1ccc(-c2cc(-c3ccc(C)cc3)nc(NN=Cc3ccccc3F)n2)cc1. The predicted octanol–water partition coefficient (Wildman–Crippen LogP) is 5.71. The first-order valence-corrected chi connectivity index (χ1v) is 9.76. The first-order chi connectivity index (χ1) is 15.1. The summed E-state index contributed by atoms with van der Waals surface area (Å²) in [5.41, 5.74) is 7.74. The van der Waals surface area contributed by atoms with E-state index in [0.29, 0.717) is 11.5 Å². The van der Waals surface area contributed by atoms with Crippen LogP contribution in [0.4, 0.5) is 10.3 Å². The monoisotopic (exact) mass is 412 g/mol. The molecule has 1 aromatic heterocycles. The summed E-state index contributed by atoms with van der Waals surface area (Å²) in [6.45, 7) is 2.04. The van der Waals surface area contributed by atoms with Crippen molar-refractivity contribution in [2.45, 2.75) is 6.92 Å². The fourth-order valence-electron chi connectivity index (χ4n) is 3.02. The molecule has 1 heterocycles. The van der Waals surface area contributed by atoms with E-state index < -0.39 is 0 Å². The van der Waals surface area contributed by atoms with Crippen molar-refractivity contribution in [1.29, 1.82) is 0 Å². The Morgan fingerprint density at radius 2 is 1.48 bits per heavy atom. The fourth-order valence-corrected chi connectivity index (χ4v) is 3.02. The lowest BCUT2D eigenvalue weighted by Gasteiger charge is -2.09. The zero-order valence-electron chi connectivity index (χ0n) is 17.2. The Morgan fingerprint density at radius 3 is 2.10 bits per heavy atom. The number of aromatic nitrogens is 2. The van der Waals surface area contributed by atoms with Gasteiger partial charge in [-0.05, 0) is 43.3 Å². The Morgan fingerprint density at radius 1 is 0.871 bits per heavy atom. The van der Waals surface area contributed by atoms with Gasteiger partial charge in [0.1, 0.15) is 11.6 Å². The summed E-state index contributed by atoms with van der Waals surface area (Å²) in [7, 11) is 1.63. The van der Waals surface area contributed by atoms with E-state index in [1.807, 2.05) is 61.5 Å². The van der Waals surface area contributed by atoms with Crippen molar-refractivity contribution in [2.24, 2.45) is 5.10 Å². The van der Waals surface area contributed by atoms with Gasteiger partial charge in [-0.3, -0.25) is 0 Å². The van der Waals surface area contributed by atoms with Gasteiger partial charge in [0.2, 0.25) is 5.95 Å². The van der Waals surface area contributed by atoms with Gasteiger partial charge in [-0.25, -0.2) is 19.8 Å². The molecule has 0 bridgehead atoms. The topological polar surface area (TPSA) is 59.4 Å². The Balaban J connectivity index is 1.70. The van der Waals surface area contributed by atoms with Crippen LogP contribution in [0.3, 0.4) is 0 Å². The molecule has 0 saturated heterocycles. The summed E-state index contributed by atoms with van der Waals surface area (Å²) in [4.78, 5) is 9.18. The molecular formula is C25H21FN4O. The van der Waals surface area contributed by atoms with Crippen LogP contribution in [0.5, 0.6) is 5.75 Å². The number of rotatable bonds is 6. The number of hydrogen-bond acceptors (Lipinski definition) is 5. The van der Waals surface area contributed by atoms with Crippen LogP contribution in [0, 0.1) is 12.7 Å². The van der Waals surface area contributed by atoms with Crippen LogP contribution in [0.15, 0.2) is 84.0 Å². The number of nitrogens with zero attached hydrogens (tertiary/aromatic N) is 3. The average Bonchev–Trinajstić information content (AvgIpc) is 2.81. The van der Waals surface area contributed by atoms with Gasteiger partial charge in [-0.2, -0.15) is 5.10 Å². The maximum Gasteiger partial charge on any atom is 0.244 e. The van der Waals surface area contributed by atoms with E-state index >= 15 is 0 Å². The number of benzene rings is 3. The normalized spacial score (nSPS) is 10.9. The van der Waals surface area contributed by atoms with Gasteiger partial charge in [0.15, 0.2) is 0 Å². The molecule has 4 aromatic rings. The van der Waals surface area contributed by atoms with E-state index in [-0.39, 0.29) is 5.82 Å². The van der Waals surface area contributed by atoms with Gasteiger partial charge in [-0.1, -0.05) is 48.0 Å². The van der Waals surface area contributed by atoms with Crippen molar-refractivity contribution >= 4 is 12.2 Å². The molecule has 0 amide bonds. The van der Waals surface area contributed by atoms with Crippen molar-refractivity contribution in [3.05, 3.63) is 95.8 Å². The van der Waals surface area contributed by atoms with Crippen LogP contribution in [-0.4, -0.2) is 23.3 Å². The Labute approximate surface area is 180 Å². The second-order valence-electron chi connectivity index (χ2n) is 6.95. The summed E-state index contributed by atoms with van der Waals surface area (Å²) < 4.78 is 19.1. The second kappa shape index (κ2) is 9.17. The highest BCUT2D eigenvalue weighted by Crippen LogP contribution is 2.27. The zero-order chi connectivity index (χ0) is 21.6. The first-order valence-electron chi connectivity index (χ1n) is 9.76. The molecule has 5 nitrogen and oxygen atoms in total. The number of nitrogens with one attached hydrogen (secondary N) is 1. The van der Waals surface area contributed by atoms with Crippen molar-refractivity contribution in [3.8, 4) is 28.3 Å². The predicted molar refractivity (Wildman–Crippen MR) is 122 cm³/mol. The zero-order valence-corrected chi connectivity index (χ0v) is 17.2. The van der Waals surface area contributed by atoms with Crippen LogP contribution in [0.2, 0.25) is 0 Å². The van der Waals surface area contributed by atoms with Gasteiger partial charge in [0.25, 0.3) is 0 Å². The molecule has 0 fully saturated rings. The summed E-state index contributed by atoms with van der Waals surface area (Å²) in [5, 5.41) is 4.12. The minimum absolute atomic E-state index is 0.316. The number of aryl methyl sites for hydroxylation is 1. The van der Waals surface area contributed by atoms with Crippen LogP contribution in [-0.2, 0) is 0 Å². The van der Waals surface area contributed by atoms with Crippen molar-refractivity contribution in [2.75, 3.05) is 12.5 Å². The Bertz CT molecular complexity index is 1210. The van der Waals surface area contributed by atoms with Crippen molar-refractivity contribution in [1.82, 2.24) is 9.97 Å². The molecule has 0 aliphatic carbocycles. The van der Waals surface area contributed by atoms with E-state index in [9.17, 15) is 4.39 Å². The van der Waals surface area contributed by atoms with Crippen molar-refractivity contribution in [3.63, 3.8) is 0 Å². The van der Waals surface area contributed by atoms with Gasteiger partial charge >= 0.3 is 0 Å². The summed E-state index contributed by atoms with van der Waals surface area (Å²) in [6.07, 6.45) is 1.41. The molecule has 1 N–H and O–H groups in total. The molecule has 0 radical (unpaired) electrons. The lowest BCUT2D eigenvalue weighted by Crippen LogP contribution is -2.01. The third kappa shape index (κ3) is 4.93. The van der Waals surface area contributed by atoms with Crippen LogP contribution >= 0.6 is 0 Å². The molecule has 6 heteroatoms. The maximum atomic E-state index is 13.8. The van der Waals surface area contributed by atoms with E-state index in [2.05, 4.69) is 20.5 Å². The minimum atomic E-state index is -0.346. The Kier molecular flexibility index (Phi) is 5.98. The van der Waals surface area contributed by atoms with Crippen LogP contribution < -0.4 is 10.2 Å². The number of hydrazone groups is 1. The summed E-state index contributed by atoms with van der Waals surface area (Å²) in [6, 6.07) is 24.1. The molecule has 154 valence electrons. The van der Waals surface area contributed by atoms with Crippen molar-refractivity contribution < 1.29 is 9.13 Å². The van der Waals surface area contributed by atoms with E-state index in [1.54, 1.807) is 25.3 Å². The van der Waals surface area contributed by atoms with Gasteiger partial charge in [0.05, 0.1) is 24.7 Å². The van der Waals surface area contributed by atoms with E-state index in [0.717, 1.165) is 28.3 Å². The molecule has 0 aliphatic rings. The molecule has 0 atom stereocenters. The molecule has 0 unspecified atom stereocenters. The molecule has 31 heavy (non-hydrogen) atoms. The third-order valence-corrected chi connectivity index (χ3v) is 4.73. The molecular weight excluding hydrogens is 391 g/mol. The number of hydrogen-bond donors (Lipinski definition) is 1. The van der Waals surface area contributed by atoms with Crippen LogP contribution in [0.1, 0.15) is 11.1 Å². The average molecular weight is 412 g/mol. The van der Waals surface area contributed by atoms with Gasteiger partial charge < -0.3 is 4.74 Å². The molecule has 0 spiro atoms. The lowest BCUT2D eigenvalue weighted by atomic mass is 10.1. The highest BCUT2D eigenvalue weighted by atomic mass is 19.1. The number of halogens is 1. The van der Waals surface area contributed by atoms with Crippen LogP contribution in [0.25, 0.3) is 22.5 Å². The summed E-state index contributed by atoms with van der Waals surface area (Å²) in [5.74, 6) is 0.738. The standard InChI is InChI=1S/C25H21FN4O/c1-17-7-9-18(10-8-17)23-15-24(19-11-13-21(31-2)14-12-19)29-25(28-23)30-27-16-20-5-3-4-6-22(20)26/h3-16H,1-2H3,(H,28,29,30). The quantitative estimate of drug-likeness (QED) is 0.325. The van der Waals surface area contributed by atoms with E-state index in [4.69, 9.17) is 4.74 Å². The lowest BCUT2D eigenvalue weighted by molar-refractivity contribution is 0.415. The smallest absolute Gasteiger partial charge is 0.244 e. The largest absolute Gasteiger partial charge is 0.497 e. The minimum Gasteiger partial charge on any atom is -0.497 e. The molecule has 3 aromatic carbocycles. The molecule has 0 saturated carbocycles. The van der Waals surface area contributed by atoms with Gasteiger partial charge in [-0.15, -0.1) is 0 Å². The molecule has 0 aliphatic heterocycles. The summed E-state index contributed by atoms with van der Waals surface area (Å²) >= 11 is 0.